The van der Waals surface area contributed by atoms with Crippen LogP contribution in [0.3, 0.4) is 0 Å². The number of carbonyl (C=O) groups excluding carboxylic acids is 1. The van der Waals surface area contributed by atoms with Gasteiger partial charge >= 0.3 is 6.03 Å². The highest BCUT2D eigenvalue weighted by molar-refractivity contribution is 5.90. The third kappa shape index (κ3) is 5.09. The third-order valence-electron chi connectivity index (χ3n) is 4.48. The van der Waals surface area contributed by atoms with Gasteiger partial charge in [-0.05, 0) is 43.2 Å². The summed E-state index contributed by atoms with van der Waals surface area (Å²) < 4.78 is 10.8. The second-order valence-corrected chi connectivity index (χ2v) is 6.56. The molecule has 0 aliphatic carbocycles. The fourth-order valence-corrected chi connectivity index (χ4v) is 2.58. The summed E-state index contributed by atoms with van der Waals surface area (Å²) in [5.41, 5.74) is 3.01. The van der Waals surface area contributed by atoms with Gasteiger partial charge in [0.1, 0.15) is 5.75 Å². The number of likely N-dealkylation sites (N-methyl/N-ethyl adjacent to an activating group) is 1. The molecule has 0 saturated carbocycles. The van der Waals surface area contributed by atoms with E-state index in [1.54, 1.807) is 11.9 Å². The maximum absolute atomic E-state index is 12.4. The summed E-state index contributed by atoms with van der Waals surface area (Å²) in [6.45, 7) is 4.68. The number of carbonyl (C=O) groups is 1. The molecule has 7 heteroatoms. The SMILES string of the molecule is Cc1cccc(NC(=O)N(C)CCc2noc(COc3ccccc3)n2)c1C. The van der Waals surface area contributed by atoms with E-state index in [9.17, 15) is 4.79 Å². The molecule has 1 aromatic heterocycles. The summed E-state index contributed by atoms with van der Waals surface area (Å²) in [6, 6.07) is 15.1. The van der Waals surface area contributed by atoms with Gasteiger partial charge in [-0.25, -0.2) is 4.79 Å². The van der Waals surface area contributed by atoms with Crippen molar-refractivity contribution in [2.24, 2.45) is 0 Å². The molecule has 1 heterocycles. The predicted octanol–water partition coefficient (Wildman–Crippen LogP) is 3.97. The molecule has 0 saturated heterocycles. The minimum absolute atomic E-state index is 0.176. The van der Waals surface area contributed by atoms with Crippen LogP contribution >= 0.6 is 0 Å². The van der Waals surface area contributed by atoms with Gasteiger partial charge in [0.05, 0.1) is 0 Å². The quantitative estimate of drug-likeness (QED) is 0.671. The van der Waals surface area contributed by atoms with Crippen molar-refractivity contribution in [2.45, 2.75) is 26.9 Å². The highest BCUT2D eigenvalue weighted by Gasteiger charge is 2.13. The van der Waals surface area contributed by atoms with Gasteiger partial charge in [-0.2, -0.15) is 4.98 Å². The maximum atomic E-state index is 12.4. The number of aromatic nitrogens is 2. The largest absolute Gasteiger partial charge is 0.484 e. The number of rotatable bonds is 7. The van der Waals surface area contributed by atoms with E-state index in [1.165, 1.54) is 0 Å². The van der Waals surface area contributed by atoms with Gasteiger partial charge in [0.2, 0.25) is 0 Å². The van der Waals surface area contributed by atoms with E-state index in [2.05, 4.69) is 15.5 Å². The summed E-state index contributed by atoms with van der Waals surface area (Å²) >= 11 is 0. The Labute approximate surface area is 164 Å². The van der Waals surface area contributed by atoms with Crippen molar-refractivity contribution in [3.63, 3.8) is 0 Å². The molecule has 7 nitrogen and oxygen atoms in total. The Morgan fingerprint density at radius 1 is 1.14 bits per heavy atom. The summed E-state index contributed by atoms with van der Waals surface area (Å²) in [5, 5.41) is 6.88. The zero-order valence-electron chi connectivity index (χ0n) is 16.3. The van der Waals surface area contributed by atoms with E-state index in [-0.39, 0.29) is 12.6 Å². The van der Waals surface area contributed by atoms with Gasteiger partial charge in [-0.15, -0.1) is 0 Å². The summed E-state index contributed by atoms with van der Waals surface area (Å²) in [4.78, 5) is 18.3. The lowest BCUT2D eigenvalue weighted by Gasteiger charge is -2.18. The van der Waals surface area contributed by atoms with Crippen molar-refractivity contribution < 1.29 is 14.1 Å². The van der Waals surface area contributed by atoms with Crippen molar-refractivity contribution in [1.82, 2.24) is 15.0 Å². The molecule has 0 radical (unpaired) electrons. The predicted molar refractivity (Wildman–Crippen MR) is 106 cm³/mol. The number of anilines is 1. The fraction of sp³-hybridized carbons (Fsp3) is 0.286. The Morgan fingerprint density at radius 2 is 1.93 bits per heavy atom. The van der Waals surface area contributed by atoms with Gasteiger partial charge in [-0.3, -0.25) is 0 Å². The minimum atomic E-state index is -0.176. The number of nitrogens with zero attached hydrogens (tertiary/aromatic N) is 3. The number of aryl methyl sites for hydroxylation is 1. The van der Waals surface area contributed by atoms with Gasteiger partial charge < -0.3 is 19.5 Å². The Bertz CT molecular complexity index is 924. The Balaban J connectivity index is 1.47. The Kier molecular flexibility index (Phi) is 6.26. The van der Waals surface area contributed by atoms with Crippen molar-refractivity contribution in [3.8, 4) is 5.75 Å². The van der Waals surface area contributed by atoms with Crippen molar-refractivity contribution >= 4 is 11.7 Å². The van der Waals surface area contributed by atoms with Crippen molar-refractivity contribution in [2.75, 3.05) is 18.9 Å². The average molecular weight is 380 g/mol. The lowest BCUT2D eigenvalue weighted by molar-refractivity contribution is 0.222. The molecule has 3 aromatic rings. The average Bonchev–Trinajstić information content (AvgIpc) is 3.16. The van der Waals surface area contributed by atoms with E-state index in [4.69, 9.17) is 9.26 Å². The van der Waals surface area contributed by atoms with Crippen LogP contribution in [0, 0.1) is 13.8 Å². The van der Waals surface area contributed by atoms with Crippen LogP contribution in [0.5, 0.6) is 5.75 Å². The molecule has 0 fully saturated rings. The van der Waals surface area contributed by atoms with Gasteiger partial charge in [0.15, 0.2) is 12.4 Å². The second kappa shape index (κ2) is 9.03. The minimum Gasteiger partial charge on any atom is -0.484 e. The number of urea groups is 1. The smallest absolute Gasteiger partial charge is 0.321 e. The highest BCUT2D eigenvalue weighted by atomic mass is 16.5. The second-order valence-electron chi connectivity index (χ2n) is 6.56. The first-order valence-corrected chi connectivity index (χ1v) is 9.10. The van der Waals surface area contributed by atoms with E-state index < -0.39 is 0 Å². The number of nitrogens with one attached hydrogen (secondary N) is 1. The van der Waals surface area contributed by atoms with Crippen LogP contribution in [0.1, 0.15) is 22.8 Å². The molecule has 1 N–H and O–H groups in total. The van der Waals surface area contributed by atoms with Crippen molar-refractivity contribution in [1.29, 1.82) is 0 Å². The van der Waals surface area contributed by atoms with Crippen LogP contribution in [-0.2, 0) is 13.0 Å². The number of hydrogen-bond donors (Lipinski definition) is 1. The van der Waals surface area contributed by atoms with Crippen LogP contribution < -0.4 is 10.1 Å². The molecule has 0 bridgehead atoms. The number of hydrogen-bond acceptors (Lipinski definition) is 5. The summed E-state index contributed by atoms with van der Waals surface area (Å²) in [5.74, 6) is 1.68. The van der Waals surface area contributed by atoms with Crippen LogP contribution in [0.15, 0.2) is 53.1 Å². The zero-order valence-corrected chi connectivity index (χ0v) is 16.3. The monoisotopic (exact) mass is 380 g/mol. The molecule has 28 heavy (non-hydrogen) atoms. The Hall–Kier alpha value is -3.35. The van der Waals surface area contributed by atoms with E-state index >= 15 is 0 Å². The van der Waals surface area contributed by atoms with Crippen molar-refractivity contribution in [3.05, 3.63) is 71.4 Å². The molecule has 0 aliphatic heterocycles. The molecule has 0 spiro atoms. The standard InChI is InChI=1S/C21H24N4O3/c1-15-8-7-11-18(16(15)2)22-21(26)25(3)13-12-19-23-20(28-24-19)14-27-17-9-5-4-6-10-17/h4-11H,12-14H2,1-3H3,(H,22,26). The number of para-hydroxylation sites is 1. The van der Waals surface area contributed by atoms with Crippen LogP contribution in [-0.4, -0.2) is 34.7 Å². The maximum Gasteiger partial charge on any atom is 0.321 e. The fourth-order valence-electron chi connectivity index (χ4n) is 2.58. The summed E-state index contributed by atoms with van der Waals surface area (Å²) in [7, 11) is 1.74. The first-order valence-electron chi connectivity index (χ1n) is 9.10. The number of benzene rings is 2. The van der Waals surface area contributed by atoms with Gasteiger partial charge in [-0.1, -0.05) is 35.5 Å². The molecule has 0 aliphatic rings. The Morgan fingerprint density at radius 3 is 2.71 bits per heavy atom. The van der Waals surface area contributed by atoms with Crippen LogP contribution in [0.4, 0.5) is 10.5 Å². The number of ether oxygens (including phenoxy) is 1. The van der Waals surface area contributed by atoms with Gasteiger partial charge in [0, 0.05) is 25.7 Å². The first-order chi connectivity index (χ1) is 13.5. The van der Waals surface area contributed by atoms with E-state index in [0.717, 1.165) is 22.6 Å². The topological polar surface area (TPSA) is 80.5 Å². The normalized spacial score (nSPS) is 10.5. The highest BCUT2D eigenvalue weighted by Crippen LogP contribution is 2.18. The first kappa shape index (κ1) is 19.4. The molecule has 0 unspecified atom stereocenters. The van der Waals surface area contributed by atoms with E-state index in [1.807, 2.05) is 62.4 Å². The number of amides is 2. The molecular weight excluding hydrogens is 356 g/mol. The van der Waals surface area contributed by atoms with Crippen LogP contribution in [0.2, 0.25) is 0 Å². The summed E-state index contributed by atoms with van der Waals surface area (Å²) in [6.07, 6.45) is 0.492. The molecule has 146 valence electrons. The van der Waals surface area contributed by atoms with E-state index in [0.29, 0.717) is 24.7 Å². The molecule has 2 amide bonds. The third-order valence-corrected chi connectivity index (χ3v) is 4.48. The molecule has 2 aromatic carbocycles. The lowest BCUT2D eigenvalue weighted by Crippen LogP contribution is -2.33. The van der Waals surface area contributed by atoms with Crippen LogP contribution in [0.25, 0.3) is 0 Å². The zero-order chi connectivity index (χ0) is 19.9. The lowest BCUT2D eigenvalue weighted by atomic mass is 10.1. The molecule has 3 rings (SSSR count). The van der Waals surface area contributed by atoms with Gasteiger partial charge in [0.25, 0.3) is 5.89 Å². The molecular formula is C21H24N4O3. The molecule has 0 atom stereocenters.